The van der Waals surface area contributed by atoms with Gasteiger partial charge >= 0.3 is 5.97 Å². The van der Waals surface area contributed by atoms with E-state index in [-0.39, 0.29) is 30.1 Å². The number of ether oxygens (including phenoxy) is 2. The van der Waals surface area contributed by atoms with Crippen molar-refractivity contribution in [3.8, 4) is 0 Å². The second-order valence-electron chi connectivity index (χ2n) is 5.54. The lowest BCUT2D eigenvalue weighted by atomic mass is 10.1. The zero-order chi connectivity index (χ0) is 15.7. The Morgan fingerprint density at radius 1 is 1.41 bits per heavy atom. The number of anilines is 1. The average molecular weight is 306 g/mol. The lowest BCUT2D eigenvalue weighted by molar-refractivity contribution is -0.385. The van der Waals surface area contributed by atoms with E-state index in [9.17, 15) is 14.9 Å². The lowest BCUT2D eigenvalue weighted by Crippen LogP contribution is -2.42. The minimum atomic E-state index is -0.660. The largest absolute Gasteiger partial charge is 0.462 e. The highest BCUT2D eigenvalue weighted by atomic mass is 16.6. The zero-order valence-corrected chi connectivity index (χ0v) is 12.4. The Labute approximate surface area is 128 Å². The van der Waals surface area contributed by atoms with Gasteiger partial charge in [-0.1, -0.05) is 0 Å². The molecule has 1 aromatic carbocycles. The number of nitro benzene ring substituents is 1. The molecule has 2 bridgehead atoms. The summed E-state index contributed by atoms with van der Waals surface area (Å²) >= 11 is 0. The van der Waals surface area contributed by atoms with Crippen LogP contribution in [0.15, 0.2) is 18.2 Å². The van der Waals surface area contributed by atoms with Crippen molar-refractivity contribution in [2.45, 2.75) is 32.0 Å². The maximum absolute atomic E-state index is 12.0. The van der Waals surface area contributed by atoms with Gasteiger partial charge in [-0.2, -0.15) is 0 Å². The molecule has 22 heavy (non-hydrogen) atoms. The predicted molar refractivity (Wildman–Crippen MR) is 79.2 cm³/mol. The molecular formula is C15H18N2O5. The summed E-state index contributed by atoms with van der Waals surface area (Å²) in [5.41, 5.74) is 0.579. The number of carbonyl (C=O) groups is 1. The first-order chi connectivity index (χ1) is 10.6. The molecule has 2 aliphatic rings. The van der Waals surface area contributed by atoms with E-state index in [4.69, 9.17) is 9.47 Å². The number of carbonyl (C=O) groups excluding carboxylic acids is 1. The topological polar surface area (TPSA) is 81.9 Å². The first-order valence-electron chi connectivity index (χ1n) is 7.44. The van der Waals surface area contributed by atoms with Crippen LogP contribution in [0.3, 0.4) is 0 Å². The second kappa shape index (κ2) is 5.92. The number of rotatable bonds is 4. The normalized spacial score (nSPS) is 23.4. The van der Waals surface area contributed by atoms with Crippen LogP contribution in [-0.4, -0.2) is 42.8 Å². The van der Waals surface area contributed by atoms with E-state index in [1.165, 1.54) is 6.07 Å². The van der Waals surface area contributed by atoms with Crippen LogP contribution in [0.2, 0.25) is 0 Å². The molecule has 0 saturated carbocycles. The number of fused-ring (bicyclic) bond motifs is 2. The van der Waals surface area contributed by atoms with Gasteiger partial charge in [-0.15, -0.1) is 0 Å². The van der Waals surface area contributed by atoms with Gasteiger partial charge in [0.15, 0.2) is 0 Å². The second-order valence-corrected chi connectivity index (χ2v) is 5.54. The van der Waals surface area contributed by atoms with Crippen LogP contribution in [0.1, 0.15) is 30.1 Å². The molecule has 2 atom stereocenters. The summed E-state index contributed by atoms with van der Waals surface area (Å²) in [5.74, 6) is -0.660. The molecule has 2 fully saturated rings. The Kier molecular flexibility index (Phi) is 3.98. The minimum absolute atomic E-state index is 0.00295. The highest BCUT2D eigenvalue weighted by Gasteiger charge is 2.34. The summed E-state index contributed by atoms with van der Waals surface area (Å²) in [6, 6.07) is 4.62. The first kappa shape index (κ1) is 14.8. The molecule has 3 rings (SSSR count). The van der Waals surface area contributed by atoms with Crippen LogP contribution in [0, 0.1) is 10.1 Å². The Balaban J connectivity index is 1.91. The van der Waals surface area contributed by atoms with Crippen molar-refractivity contribution >= 4 is 17.3 Å². The summed E-state index contributed by atoms with van der Waals surface area (Å²) < 4.78 is 10.7. The molecule has 0 radical (unpaired) electrons. The fourth-order valence-corrected chi connectivity index (χ4v) is 3.08. The summed E-state index contributed by atoms with van der Waals surface area (Å²) in [4.78, 5) is 24.6. The van der Waals surface area contributed by atoms with Gasteiger partial charge in [-0.25, -0.2) is 4.79 Å². The maximum atomic E-state index is 12.0. The van der Waals surface area contributed by atoms with Gasteiger partial charge in [0.2, 0.25) is 0 Å². The molecular weight excluding hydrogens is 288 g/mol. The summed E-state index contributed by atoms with van der Waals surface area (Å²) in [5, 5.41) is 11.1. The fraction of sp³-hybridized carbons (Fsp3) is 0.533. The van der Waals surface area contributed by atoms with Crippen LogP contribution in [0.4, 0.5) is 11.4 Å². The Morgan fingerprint density at radius 3 is 2.68 bits per heavy atom. The number of hydrogen-bond acceptors (Lipinski definition) is 6. The van der Waals surface area contributed by atoms with Gasteiger partial charge in [-0.05, 0) is 31.9 Å². The van der Waals surface area contributed by atoms with Crippen LogP contribution in [-0.2, 0) is 9.47 Å². The standard InChI is InChI=1S/C15H18N2O5/c1-2-21-15(18)13-7-10(3-6-14(13)17(19)20)16-8-11-4-5-12(9-16)22-11/h3,6-7,11-12H,2,4-5,8-9H2,1H3. The number of nitro groups is 1. The van der Waals surface area contributed by atoms with Crippen molar-refractivity contribution in [1.29, 1.82) is 0 Å². The van der Waals surface area contributed by atoms with Crippen LogP contribution >= 0.6 is 0 Å². The predicted octanol–water partition coefficient (Wildman–Crippen LogP) is 2.14. The molecule has 0 aliphatic carbocycles. The van der Waals surface area contributed by atoms with E-state index < -0.39 is 10.9 Å². The molecule has 0 amide bonds. The van der Waals surface area contributed by atoms with Crippen LogP contribution in [0.5, 0.6) is 0 Å². The Bertz CT molecular complexity index is 592. The van der Waals surface area contributed by atoms with E-state index in [1.54, 1.807) is 19.1 Å². The molecule has 0 aromatic heterocycles. The number of hydrogen-bond donors (Lipinski definition) is 0. The number of nitrogens with zero attached hydrogens (tertiary/aromatic N) is 2. The minimum Gasteiger partial charge on any atom is -0.462 e. The maximum Gasteiger partial charge on any atom is 0.345 e. The molecule has 118 valence electrons. The van der Waals surface area contributed by atoms with Crippen molar-refractivity contribution in [2.75, 3.05) is 24.6 Å². The van der Waals surface area contributed by atoms with Gasteiger partial charge < -0.3 is 14.4 Å². The van der Waals surface area contributed by atoms with Gasteiger partial charge in [-0.3, -0.25) is 10.1 Å². The van der Waals surface area contributed by atoms with E-state index in [0.717, 1.165) is 31.6 Å². The molecule has 7 nitrogen and oxygen atoms in total. The quantitative estimate of drug-likeness (QED) is 0.481. The van der Waals surface area contributed by atoms with Crippen LogP contribution < -0.4 is 4.90 Å². The molecule has 2 saturated heterocycles. The Morgan fingerprint density at radius 2 is 2.09 bits per heavy atom. The first-order valence-corrected chi connectivity index (χ1v) is 7.44. The van der Waals surface area contributed by atoms with E-state index in [2.05, 4.69) is 4.90 Å². The average Bonchev–Trinajstić information content (AvgIpc) is 2.85. The number of morpholine rings is 1. The molecule has 0 spiro atoms. The Hall–Kier alpha value is -2.15. The monoisotopic (exact) mass is 306 g/mol. The van der Waals surface area contributed by atoms with E-state index in [1.807, 2.05) is 0 Å². The molecule has 0 N–H and O–H groups in total. The van der Waals surface area contributed by atoms with Crippen molar-refractivity contribution < 1.29 is 19.2 Å². The molecule has 7 heteroatoms. The summed E-state index contributed by atoms with van der Waals surface area (Å²) in [7, 11) is 0. The van der Waals surface area contributed by atoms with Gasteiger partial charge in [0.25, 0.3) is 5.69 Å². The van der Waals surface area contributed by atoms with Gasteiger partial charge in [0.1, 0.15) is 5.56 Å². The lowest BCUT2D eigenvalue weighted by Gasteiger charge is -2.34. The molecule has 2 heterocycles. The van der Waals surface area contributed by atoms with Crippen molar-refractivity contribution in [3.63, 3.8) is 0 Å². The van der Waals surface area contributed by atoms with Crippen molar-refractivity contribution in [2.24, 2.45) is 0 Å². The summed E-state index contributed by atoms with van der Waals surface area (Å²) in [6.07, 6.45) is 2.50. The van der Waals surface area contributed by atoms with E-state index in [0.29, 0.717) is 0 Å². The highest BCUT2D eigenvalue weighted by Crippen LogP contribution is 2.32. The number of esters is 1. The van der Waals surface area contributed by atoms with Crippen molar-refractivity contribution in [3.05, 3.63) is 33.9 Å². The molecule has 2 aliphatic heterocycles. The molecule has 2 unspecified atom stereocenters. The fourth-order valence-electron chi connectivity index (χ4n) is 3.08. The smallest absolute Gasteiger partial charge is 0.345 e. The molecule has 1 aromatic rings. The summed E-state index contributed by atoms with van der Waals surface area (Å²) in [6.45, 7) is 3.35. The SMILES string of the molecule is CCOC(=O)c1cc(N2CC3CCC(C2)O3)ccc1[N+](=O)[O-]. The van der Waals surface area contributed by atoms with Crippen molar-refractivity contribution in [1.82, 2.24) is 0 Å². The third-order valence-electron chi connectivity index (χ3n) is 4.08. The van der Waals surface area contributed by atoms with Gasteiger partial charge in [0, 0.05) is 24.8 Å². The number of benzene rings is 1. The van der Waals surface area contributed by atoms with Crippen LogP contribution in [0.25, 0.3) is 0 Å². The third kappa shape index (κ3) is 2.76. The highest BCUT2D eigenvalue weighted by molar-refractivity contribution is 5.95. The third-order valence-corrected chi connectivity index (χ3v) is 4.08. The van der Waals surface area contributed by atoms with E-state index >= 15 is 0 Å². The zero-order valence-electron chi connectivity index (χ0n) is 12.4. The van der Waals surface area contributed by atoms with Gasteiger partial charge in [0.05, 0.1) is 23.7 Å².